The van der Waals surface area contributed by atoms with E-state index in [2.05, 4.69) is 20.8 Å². The molecule has 1 saturated heterocycles. The van der Waals surface area contributed by atoms with Crippen LogP contribution in [0.3, 0.4) is 0 Å². The summed E-state index contributed by atoms with van der Waals surface area (Å²) >= 11 is 0. The molecule has 0 bridgehead atoms. The molecule has 1 aromatic carbocycles. The van der Waals surface area contributed by atoms with E-state index in [0.717, 1.165) is 5.69 Å². The molecule has 8 nitrogen and oxygen atoms in total. The van der Waals surface area contributed by atoms with Crippen molar-refractivity contribution in [2.45, 2.75) is 6.92 Å². The number of nitrogens with one attached hydrogen (secondary N) is 1. The van der Waals surface area contributed by atoms with E-state index in [0.29, 0.717) is 37.8 Å². The van der Waals surface area contributed by atoms with E-state index in [1.54, 1.807) is 9.58 Å². The van der Waals surface area contributed by atoms with Crippen LogP contribution in [-0.4, -0.2) is 57.4 Å². The first-order valence-corrected chi connectivity index (χ1v) is 6.73. The molecule has 110 valence electrons. The number of morpholine rings is 1. The molecule has 0 atom stereocenters. The lowest BCUT2D eigenvalue weighted by Crippen LogP contribution is -2.43. The number of carbonyl (C=O) groups is 1. The number of carbonyl (C=O) groups excluding carboxylic acids is 1. The summed E-state index contributed by atoms with van der Waals surface area (Å²) in [5.74, 6) is 0.687. The van der Waals surface area contributed by atoms with E-state index in [9.17, 15) is 4.79 Å². The van der Waals surface area contributed by atoms with Gasteiger partial charge in [-0.2, -0.15) is 4.68 Å². The summed E-state index contributed by atoms with van der Waals surface area (Å²) in [5.41, 5.74) is 1.51. The molecule has 2 heterocycles. The zero-order valence-corrected chi connectivity index (χ0v) is 11.7. The van der Waals surface area contributed by atoms with E-state index in [-0.39, 0.29) is 6.03 Å². The van der Waals surface area contributed by atoms with Crippen LogP contribution < -0.4 is 5.32 Å². The predicted octanol–water partition coefficient (Wildman–Crippen LogP) is 0.835. The number of aryl methyl sites for hydroxylation is 1. The fraction of sp³-hybridized carbons (Fsp3) is 0.385. The molecule has 8 heteroatoms. The van der Waals surface area contributed by atoms with Gasteiger partial charge < -0.3 is 15.0 Å². The number of aromatic nitrogens is 4. The monoisotopic (exact) mass is 288 g/mol. The molecule has 2 aromatic rings. The van der Waals surface area contributed by atoms with Gasteiger partial charge in [-0.3, -0.25) is 0 Å². The summed E-state index contributed by atoms with van der Waals surface area (Å²) in [6.07, 6.45) is 0. The number of tetrazole rings is 1. The summed E-state index contributed by atoms with van der Waals surface area (Å²) in [5, 5.41) is 14.3. The van der Waals surface area contributed by atoms with Crippen molar-refractivity contribution < 1.29 is 9.53 Å². The highest BCUT2D eigenvalue weighted by molar-refractivity contribution is 5.89. The number of nitrogens with zero attached hydrogens (tertiary/aromatic N) is 5. The maximum absolute atomic E-state index is 12.1. The van der Waals surface area contributed by atoms with Crippen molar-refractivity contribution in [3.63, 3.8) is 0 Å². The highest BCUT2D eigenvalue weighted by atomic mass is 16.5. The third-order valence-corrected chi connectivity index (χ3v) is 3.27. The van der Waals surface area contributed by atoms with Gasteiger partial charge in [0.05, 0.1) is 18.9 Å². The maximum atomic E-state index is 12.1. The van der Waals surface area contributed by atoms with Crippen molar-refractivity contribution in [2.75, 3.05) is 31.6 Å². The average Bonchev–Trinajstić information content (AvgIpc) is 2.94. The van der Waals surface area contributed by atoms with Gasteiger partial charge in [-0.25, -0.2) is 4.79 Å². The van der Waals surface area contributed by atoms with Crippen LogP contribution in [0.4, 0.5) is 10.5 Å². The highest BCUT2D eigenvalue weighted by Gasteiger charge is 2.16. The normalized spacial score (nSPS) is 15.0. The maximum Gasteiger partial charge on any atom is 0.322 e. The van der Waals surface area contributed by atoms with Gasteiger partial charge in [-0.1, -0.05) is 6.07 Å². The Bertz CT molecular complexity index is 635. The van der Waals surface area contributed by atoms with Gasteiger partial charge >= 0.3 is 6.03 Å². The first kappa shape index (κ1) is 13.5. The number of hydrogen-bond donors (Lipinski definition) is 1. The Kier molecular flexibility index (Phi) is 3.78. The smallest absolute Gasteiger partial charge is 0.322 e. The Morgan fingerprint density at radius 1 is 1.33 bits per heavy atom. The zero-order chi connectivity index (χ0) is 14.7. The number of rotatable bonds is 2. The third-order valence-electron chi connectivity index (χ3n) is 3.27. The molecule has 0 spiro atoms. The van der Waals surface area contributed by atoms with Crippen molar-refractivity contribution >= 4 is 11.7 Å². The minimum atomic E-state index is -0.121. The van der Waals surface area contributed by atoms with Crippen LogP contribution in [0, 0.1) is 6.92 Å². The van der Waals surface area contributed by atoms with Gasteiger partial charge in [-0.15, -0.1) is 5.10 Å². The van der Waals surface area contributed by atoms with Crippen LogP contribution in [0.5, 0.6) is 0 Å². The molecular formula is C13H16N6O2. The van der Waals surface area contributed by atoms with Crippen LogP contribution in [0.2, 0.25) is 0 Å². The number of anilines is 1. The predicted molar refractivity (Wildman–Crippen MR) is 75.3 cm³/mol. The van der Waals surface area contributed by atoms with Gasteiger partial charge in [0.25, 0.3) is 0 Å². The van der Waals surface area contributed by atoms with Crippen molar-refractivity contribution in [1.82, 2.24) is 25.1 Å². The molecule has 1 aliphatic heterocycles. The molecule has 3 rings (SSSR count). The zero-order valence-electron chi connectivity index (χ0n) is 11.7. The van der Waals surface area contributed by atoms with Gasteiger partial charge in [0.1, 0.15) is 0 Å². The van der Waals surface area contributed by atoms with Crippen LogP contribution in [0.1, 0.15) is 5.82 Å². The first-order chi connectivity index (χ1) is 10.2. The first-order valence-electron chi connectivity index (χ1n) is 6.73. The van der Waals surface area contributed by atoms with E-state index in [4.69, 9.17) is 4.74 Å². The molecule has 21 heavy (non-hydrogen) atoms. The molecule has 1 aliphatic rings. The van der Waals surface area contributed by atoms with Crippen molar-refractivity contribution in [1.29, 1.82) is 0 Å². The summed E-state index contributed by atoms with van der Waals surface area (Å²) in [7, 11) is 0. The highest BCUT2D eigenvalue weighted by Crippen LogP contribution is 2.15. The summed E-state index contributed by atoms with van der Waals surface area (Å²) in [6.45, 7) is 4.20. The Balaban J connectivity index is 1.74. The molecule has 1 fully saturated rings. The number of benzene rings is 1. The van der Waals surface area contributed by atoms with Gasteiger partial charge in [0.15, 0.2) is 5.82 Å². The van der Waals surface area contributed by atoms with E-state index in [1.165, 1.54) is 0 Å². The SMILES string of the molecule is Cc1nnnn1-c1cccc(NC(=O)N2CCOCC2)c1. The van der Waals surface area contributed by atoms with Crippen LogP contribution >= 0.6 is 0 Å². The minimum Gasteiger partial charge on any atom is -0.378 e. The second kappa shape index (κ2) is 5.88. The van der Waals surface area contributed by atoms with Crippen molar-refractivity contribution in [3.05, 3.63) is 30.1 Å². The lowest BCUT2D eigenvalue weighted by Gasteiger charge is -2.27. The van der Waals surface area contributed by atoms with E-state index < -0.39 is 0 Å². The Morgan fingerprint density at radius 2 is 2.14 bits per heavy atom. The average molecular weight is 288 g/mol. The lowest BCUT2D eigenvalue weighted by atomic mass is 10.2. The Labute approximate surface area is 121 Å². The lowest BCUT2D eigenvalue weighted by molar-refractivity contribution is 0.0564. The second-order valence-corrected chi connectivity index (χ2v) is 4.72. The molecule has 0 radical (unpaired) electrons. The van der Waals surface area contributed by atoms with Crippen molar-refractivity contribution in [2.24, 2.45) is 0 Å². The number of amides is 2. The van der Waals surface area contributed by atoms with E-state index >= 15 is 0 Å². The Hall–Kier alpha value is -2.48. The van der Waals surface area contributed by atoms with Gasteiger partial charge in [0.2, 0.25) is 0 Å². The molecular weight excluding hydrogens is 272 g/mol. The molecule has 0 saturated carbocycles. The number of urea groups is 1. The quantitative estimate of drug-likeness (QED) is 0.885. The molecule has 0 unspecified atom stereocenters. The fourth-order valence-electron chi connectivity index (χ4n) is 2.15. The summed E-state index contributed by atoms with van der Waals surface area (Å²) in [4.78, 5) is 13.9. The van der Waals surface area contributed by atoms with Crippen molar-refractivity contribution in [3.8, 4) is 5.69 Å². The molecule has 1 N–H and O–H groups in total. The largest absolute Gasteiger partial charge is 0.378 e. The standard InChI is InChI=1S/C13H16N6O2/c1-10-15-16-17-19(10)12-4-2-3-11(9-12)14-13(20)18-5-7-21-8-6-18/h2-4,9H,5-8H2,1H3,(H,14,20). The second-order valence-electron chi connectivity index (χ2n) is 4.72. The molecule has 1 aromatic heterocycles. The van der Waals surface area contributed by atoms with Crippen LogP contribution in [-0.2, 0) is 4.74 Å². The summed E-state index contributed by atoms with van der Waals surface area (Å²) in [6, 6.07) is 7.28. The van der Waals surface area contributed by atoms with Crippen LogP contribution in [0.15, 0.2) is 24.3 Å². The third kappa shape index (κ3) is 3.00. The fourth-order valence-corrected chi connectivity index (χ4v) is 2.15. The summed E-state index contributed by atoms with van der Waals surface area (Å²) < 4.78 is 6.85. The van der Waals surface area contributed by atoms with Crippen LogP contribution in [0.25, 0.3) is 5.69 Å². The number of ether oxygens (including phenoxy) is 1. The van der Waals surface area contributed by atoms with Gasteiger partial charge in [0, 0.05) is 18.8 Å². The number of hydrogen-bond acceptors (Lipinski definition) is 5. The topological polar surface area (TPSA) is 85.2 Å². The van der Waals surface area contributed by atoms with E-state index in [1.807, 2.05) is 31.2 Å². The Morgan fingerprint density at radius 3 is 2.86 bits per heavy atom. The minimum absolute atomic E-state index is 0.121. The molecule has 0 aliphatic carbocycles. The van der Waals surface area contributed by atoms with Gasteiger partial charge in [-0.05, 0) is 35.5 Å². The molecule has 2 amide bonds.